The number of halogens is 1. The van der Waals surface area contributed by atoms with Crippen molar-refractivity contribution in [2.24, 2.45) is 0 Å². The number of fused-ring (bicyclic) bond motifs is 1. The minimum Gasteiger partial charge on any atom is -0.480 e. The molecule has 0 radical (unpaired) electrons. The van der Waals surface area contributed by atoms with E-state index in [0.717, 1.165) is 42.2 Å². The Kier molecular flexibility index (Phi) is 9.29. The monoisotopic (exact) mass is 474 g/mol. The number of anilines is 1. The zero-order valence-corrected chi connectivity index (χ0v) is 19.3. The Hall–Kier alpha value is -3.11. The molecule has 0 aromatic carbocycles. The van der Waals surface area contributed by atoms with Crippen molar-refractivity contribution in [1.82, 2.24) is 15.0 Å². The lowest BCUT2D eigenvalue weighted by Crippen LogP contribution is -2.44. The van der Waals surface area contributed by atoms with Gasteiger partial charge in [-0.05, 0) is 62.1 Å². The Labute approximate surface area is 197 Å². The van der Waals surface area contributed by atoms with Crippen LogP contribution in [0.25, 0.3) is 0 Å². The van der Waals surface area contributed by atoms with E-state index in [2.05, 4.69) is 21.4 Å². The number of hydroxylamine groups is 2. The van der Waals surface area contributed by atoms with E-state index >= 15 is 0 Å². The maximum absolute atomic E-state index is 14.3. The average Bonchev–Trinajstić information content (AvgIpc) is 2.83. The minimum atomic E-state index is -1.25. The van der Waals surface area contributed by atoms with Gasteiger partial charge in [0.1, 0.15) is 17.4 Å². The van der Waals surface area contributed by atoms with Crippen molar-refractivity contribution in [3.63, 3.8) is 0 Å². The second kappa shape index (κ2) is 12.4. The van der Waals surface area contributed by atoms with Crippen LogP contribution >= 0.6 is 0 Å². The summed E-state index contributed by atoms with van der Waals surface area (Å²) in [7, 11) is 0. The first-order valence-electron chi connectivity index (χ1n) is 11.6. The van der Waals surface area contributed by atoms with Gasteiger partial charge in [-0.1, -0.05) is 13.0 Å². The molecule has 10 heteroatoms. The molecule has 0 saturated carbocycles. The molecule has 0 fully saturated rings. The third kappa shape index (κ3) is 6.48. The quantitative estimate of drug-likeness (QED) is 0.314. The number of aryl methyl sites for hydroxylation is 3. The van der Waals surface area contributed by atoms with E-state index in [1.807, 2.05) is 6.07 Å². The molecular weight excluding hydrogens is 443 g/mol. The van der Waals surface area contributed by atoms with Gasteiger partial charge < -0.3 is 20.4 Å². The lowest BCUT2D eigenvalue weighted by molar-refractivity contribution is -0.174. The lowest BCUT2D eigenvalue weighted by atomic mass is 10.1. The summed E-state index contributed by atoms with van der Waals surface area (Å²) < 4.78 is 14.3. The highest BCUT2D eigenvalue weighted by atomic mass is 19.1. The third-order valence-corrected chi connectivity index (χ3v) is 5.81. The van der Waals surface area contributed by atoms with E-state index in [4.69, 9.17) is 4.84 Å². The number of rotatable bonds is 12. The summed E-state index contributed by atoms with van der Waals surface area (Å²) in [6.45, 7) is 2.37. The van der Waals surface area contributed by atoms with Crippen LogP contribution in [0, 0.1) is 5.82 Å². The number of nitrogens with zero attached hydrogens (tertiary/aromatic N) is 3. The Balaban J connectivity index is 1.66. The summed E-state index contributed by atoms with van der Waals surface area (Å²) in [5.74, 6) is -2.14. The van der Waals surface area contributed by atoms with Gasteiger partial charge in [0.25, 0.3) is 0 Å². The van der Waals surface area contributed by atoms with Crippen LogP contribution in [0.15, 0.2) is 24.5 Å². The molecule has 1 aliphatic rings. The van der Waals surface area contributed by atoms with E-state index in [-0.39, 0.29) is 18.5 Å². The molecule has 0 spiro atoms. The number of hydrogen-bond acceptors (Lipinski definition) is 8. The van der Waals surface area contributed by atoms with Crippen LogP contribution in [0.1, 0.15) is 59.8 Å². The number of hydrogen-bond donors (Lipinski definition) is 3. The molecular formula is C24H31FN4O5. The van der Waals surface area contributed by atoms with Crippen LogP contribution in [-0.4, -0.2) is 62.9 Å². The van der Waals surface area contributed by atoms with Gasteiger partial charge in [-0.2, -0.15) is 0 Å². The van der Waals surface area contributed by atoms with Crippen molar-refractivity contribution >= 4 is 17.8 Å². The summed E-state index contributed by atoms with van der Waals surface area (Å²) in [5.41, 5.74) is 2.23. The van der Waals surface area contributed by atoms with Crippen LogP contribution < -0.4 is 5.32 Å². The average molecular weight is 475 g/mol. The first kappa shape index (κ1) is 25.5. The summed E-state index contributed by atoms with van der Waals surface area (Å²) >= 11 is 0. The summed E-state index contributed by atoms with van der Waals surface area (Å²) in [6, 6.07) is 2.82. The van der Waals surface area contributed by atoms with E-state index in [1.165, 1.54) is 11.8 Å². The molecule has 1 aliphatic heterocycles. The van der Waals surface area contributed by atoms with Crippen molar-refractivity contribution in [2.75, 3.05) is 25.0 Å². The maximum Gasteiger partial charge on any atom is 0.360 e. The molecule has 2 aromatic heterocycles. The Bertz CT molecular complexity index is 1000. The van der Waals surface area contributed by atoms with Crippen molar-refractivity contribution in [2.45, 2.75) is 57.9 Å². The van der Waals surface area contributed by atoms with Crippen molar-refractivity contribution in [3.05, 3.63) is 52.7 Å². The zero-order valence-electron chi connectivity index (χ0n) is 19.3. The van der Waals surface area contributed by atoms with Crippen LogP contribution in [0.4, 0.5) is 10.2 Å². The SMILES string of the molecule is CCc1cncc(F)c1C(=O)ON(CCCCc1ccc2c(n1)NCCC2)[C@@H](CCO)C(=O)O. The molecule has 0 unspecified atom stereocenters. The van der Waals surface area contributed by atoms with E-state index in [0.29, 0.717) is 31.2 Å². The summed E-state index contributed by atoms with van der Waals surface area (Å²) in [4.78, 5) is 38.3. The predicted octanol–water partition coefficient (Wildman–Crippen LogP) is 2.77. The van der Waals surface area contributed by atoms with Gasteiger partial charge in [0, 0.05) is 31.6 Å². The van der Waals surface area contributed by atoms with Gasteiger partial charge in [-0.15, -0.1) is 5.06 Å². The molecule has 3 rings (SSSR count). The fraction of sp³-hybridized carbons (Fsp3) is 0.500. The fourth-order valence-corrected chi connectivity index (χ4v) is 3.98. The fourth-order valence-electron chi connectivity index (χ4n) is 3.98. The largest absolute Gasteiger partial charge is 0.480 e. The molecule has 3 heterocycles. The van der Waals surface area contributed by atoms with Crippen LogP contribution in [0.3, 0.4) is 0 Å². The van der Waals surface area contributed by atoms with Crippen LogP contribution in [0.5, 0.6) is 0 Å². The highest BCUT2D eigenvalue weighted by Gasteiger charge is 2.30. The highest BCUT2D eigenvalue weighted by Crippen LogP contribution is 2.21. The Morgan fingerprint density at radius 1 is 1.29 bits per heavy atom. The number of carboxylic acids is 1. The molecule has 1 atom stereocenters. The molecule has 34 heavy (non-hydrogen) atoms. The van der Waals surface area contributed by atoms with Crippen molar-refractivity contribution < 1.29 is 29.0 Å². The Morgan fingerprint density at radius 3 is 2.85 bits per heavy atom. The molecule has 3 N–H and O–H groups in total. The molecule has 9 nitrogen and oxygen atoms in total. The number of unbranched alkanes of at least 4 members (excludes halogenated alkanes) is 1. The third-order valence-electron chi connectivity index (χ3n) is 5.81. The Morgan fingerprint density at radius 2 is 2.12 bits per heavy atom. The first-order valence-corrected chi connectivity index (χ1v) is 11.6. The van der Waals surface area contributed by atoms with Gasteiger partial charge in [-0.3, -0.25) is 9.78 Å². The maximum atomic E-state index is 14.3. The smallest absolute Gasteiger partial charge is 0.360 e. The van der Waals surface area contributed by atoms with Crippen LogP contribution in [0.2, 0.25) is 0 Å². The molecule has 0 bridgehead atoms. The summed E-state index contributed by atoms with van der Waals surface area (Å²) in [6.07, 6.45) is 6.48. The number of aliphatic hydroxyl groups is 1. The number of aromatic nitrogens is 2. The molecule has 0 aliphatic carbocycles. The lowest BCUT2D eigenvalue weighted by Gasteiger charge is -2.27. The van der Waals surface area contributed by atoms with Crippen LogP contribution in [-0.2, 0) is 28.9 Å². The van der Waals surface area contributed by atoms with E-state index in [9.17, 15) is 24.2 Å². The van der Waals surface area contributed by atoms with Crippen molar-refractivity contribution in [3.8, 4) is 0 Å². The van der Waals surface area contributed by atoms with E-state index in [1.54, 1.807) is 6.92 Å². The van der Waals surface area contributed by atoms with Gasteiger partial charge in [0.2, 0.25) is 0 Å². The number of carbonyl (C=O) groups excluding carboxylic acids is 1. The number of aliphatic carboxylic acids is 1. The van der Waals surface area contributed by atoms with Gasteiger partial charge >= 0.3 is 11.9 Å². The number of carboxylic acid groups (broad SMARTS) is 1. The summed E-state index contributed by atoms with van der Waals surface area (Å²) in [5, 5.41) is 23.3. The number of pyridine rings is 2. The molecule has 0 amide bonds. The second-order valence-corrected chi connectivity index (χ2v) is 8.19. The first-order chi connectivity index (χ1) is 16.4. The topological polar surface area (TPSA) is 125 Å². The molecule has 2 aromatic rings. The minimum absolute atomic E-state index is 0.111. The normalized spacial score (nSPS) is 13.8. The van der Waals surface area contributed by atoms with Gasteiger partial charge in [0.05, 0.1) is 6.20 Å². The number of aliphatic hydroxyl groups excluding tert-OH is 1. The van der Waals surface area contributed by atoms with Crippen molar-refractivity contribution in [1.29, 1.82) is 0 Å². The second-order valence-electron chi connectivity index (χ2n) is 8.19. The number of carbonyl (C=O) groups is 2. The zero-order chi connectivity index (χ0) is 24.5. The van der Waals surface area contributed by atoms with Gasteiger partial charge in [-0.25, -0.2) is 14.2 Å². The standard InChI is InChI=1S/C24H31FN4O5/c1-2-16-14-26-15-19(25)21(16)24(33)34-29(20(10-13-30)23(31)32)12-4-3-7-18-9-8-17-6-5-11-27-22(17)28-18/h8-9,14-15,20,30H,2-7,10-13H2,1H3,(H,27,28)(H,31,32)/t20-/m0/s1. The molecule has 184 valence electrons. The predicted molar refractivity (Wildman–Crippen MR) is 123 cm³/mol. The molecule has 0 saturated heterocycles. The van der Waals surface area contributed by atoms with Gasteiger partial charge in [0.15, 0.2) is 5.82 Å². The van der Waals surface area contributed by atoms with E-state index < -0.39 is 30.4 Å². The number of nitrogens with one attached hydrogen (secondary N) is 1. The highest BCUT2D eigenvalue weighted by molar-refractivity contribution is 5.91.